The molecule has 1 unspecified atom stereocenters. The van der Waals surface area contributed by atoms with Crippen molar-refractivity contribution in [3.05, 3.63) is 0 Å². The molecule has 0 saturated carbocycles. The fraction of sp³-hybridized carbons (Fsp3) is 1.00. The standard InChI is InChI=1S/C8H18OS2/c1-8(6-10)7-11-5-3-4-9-2/h8,10H,3-7H2,1-2H3. The Balaban J connectivity index is 2.89. The predicted octanol–water partition coefficient (Wildman–Crippen LogP) is 2.32. The first-order valence-electron chi connectivity index (χ1n) is 3.98. The lowest BCUT2D eigenvalue weighted by Crippen LogP contribution is -2.00. The summed E-state index contributed by atoms with van der Waals surface area (Å²) in [6.07, 6.45) is 1.17. The monoisotopic (exact) mass is 194 g/mol. The first-order valence-corrected chi connectivity index (χ1v) is 5.77. The number of hydrogen-bond acceptors (Lipinski definition) is 3. The van der Waals surface area contributed by atoms with Crippen molar-refractivity contribution in [1.29, 1.82) is 0 Å². The summed E-state index contributed by atoms with van der Waals surface area (Å²) in [6.45, 7) is 3.12. The van der Waals surface area contributed by atoms with Crippen molar-refractivity contribution >= 4 is 24.4 Å². The molecule has 0 aromatic carbocycles. The van der Waals surface area contributed by atoms with Crippen molar-refractivity contribution in [2.24, 2.45) is 5.92 Å². The predicted molar refractivity (Wildman–Crippen MR) is 56.8 cm³/mol. The highest BCUT2D eigenvalue weighted by molar-refractivity contribution is 7.99. The Morgan fingerprint density at radius 1 is 1.55 bits per heavy atom. The Morgan fingerprint density at radius 3 is 2.82 bits per heavy atom. The summed E-state index contributed by atoms with van der Waals surface area (Å²) < 4.78 is 4.95. The lowest BCUT2D eigenvalue weighted by Gasteiger charge is -2.06. The molecule has 68 valence electrons. The average molecular weight is 194 g/mol. The van der Waals surface area contributed by atoms with Crippen molar-refractivity contribution in [3.8, 4) is 0 Å². The van der Waals surface area contributed by atoms with Crippen LogP contribution in [0.4, 0.5) is 0 Å². The summed E-state index contributed by atoms with van der Waals surface area (Å²) in [6, 6.07) is 0. The van der Waals surface area contributed by atoms with E-state index in [4.69, 9.17) is 4.74 Å². The van der Waals surface area contributed by atoms with E-state index < -0.39 is 0 Å². The van der Waals surface area contributed by atoms with Gasteiger partial charge in [-0.3, -0.25) is 0 Å². The van der Waals surface area contributed by atoms with Gasteiger partial charge in [0, 0.05) is 13.7 Å². The van der Waals surface area contributed by atoms with Crippen LogP contribution in [-0.2, 0) is 4.74 Å². The summed E-state index contributed by atoms with van der Waals surface area (Å²) >= 11 is 6.22. The molecule has 0 fully saturated rings. The zero-order valence-electron chi connectivity index (χ0n) is 7.38. The van der Waals surface area contributed by atoms with Crippen LogP contribution >= 0.6 is 24.4 Å². The van der Waals surface area contributed by atoms with Crippen molar-refractivity contribution < 1.29 is 4.74 Å². The summed E-state index contributed by atoms with van der Waals surface area (Å²) in [7, 11) is 1.75. The van der Waals surface area contributed by atoms with Crippen LogP contribution in [0.5, 0.6) is 0 Å². The second kappa shape index (κ2) is 8.75. The van der Waals surface area contributed by atoms with E-state index in [1.54, 1.807) is 7.11 Å². The minimum absolute atomic E-state index is 0.742. The Bertz CT molecular complexity index is 78.5. The Hall–Kier alpha value is 0.660. The molecule has 0 saturated heterocycles. The van der Waals surface area contributed by atoms with Gasteiger partial charge >= 0.3 is 0 Å². The molecule has 0 heterocycles. The smallest absolute Gasteiger partial charge is 0.0470 e. The van der Waals surface area contributed by atoms with Crippen LogP contribution in [0.25, 0.3) is 0 Å². The zero-order chi connectivity index (χ0) is 8.53. The first-order chi connectivity index (χ1) is 5.31. The van der Waals surface area contributed by atoms with Crippen molar-refractivity contribution in [2.75, 3.05) is 31.0 Å². The fourth-order valence-corrected chi connectivity index (χ4v) is 1.96. The van der Waals surface area contributed by atoms with Gasteiger partial charge in [-0.15, -0.1) is 0 Å². The second-order valence-electron chi connectivity index (χ2n) is 2.71. The van der Waals surface area contributed by atoms with Gasteiger partial charge in [0.25, 0.3) is 0 Å². The van der Waals surface area contributed by atoms with Crippen LogP contribution in [0.2, 0.25) is 0 Å². The van der Waals surface area contributed by atoms with E-state index in [2.05, 4.69) is 19.6 Å². The molecule has 0 radical (unpaired) electrons. The fourth-order valence-electron chi connectivity index (χ4n) is 0.643. The summed E-state index contributed by atoms with van der Waals surface area (Å²) in [5.74, 6) is 4.18. The number of ether oxygens (including phenoxy) is 1. The quantitative estimate of drug-likeness (QED) is 0.492. The minimum Gasteiger partial charge on any atom is -0.385 e. The van der Waals surface area contributed by atoms with Gasteiger partial charge < -0.3 is 4.74 Å². The largest absolute Gasteiger partial charge is 0.385 e. The normalized spacial score (nSPS) is 13.4. The number of methoxy groups -OCH3 is 1. The third kappa shape index (κ3) is 8.57. The Kier molecular flexibility index (Phi) is 9.28. The molecular weight excluding hydrogens is 176 g/mol. The summed E-state index contributed by atoms with van der Waals surface area (Å²) in [4.78, 5) is 0. The highest BCUT2D eigenvalue weighted by Gasteiger charge is 1.97. The van der Waals surface area contributed by atoms with E-state index >= 15 is 0 Å². The second-order valence-corrected chi connectivity index (χ2v) is 4.22. The molecule has 0 aromatic heterocycles. The van der Waals surface area contributed by atoms with E-state index in [1.165, 1.54) is 17.9 Å². The maximum Gasteiger partial charge on any atom is 0.0470 e. The van der Waals surface area contributed by atoms with Crippen LogP contribution in [0.3, 0.4) is 0 Å². The number of rotatable bonds is 7. The van der Waals surface area contributed by atoms with Crippen LogP contribution in [-0.4, -0.2) is 31.0 Å². The van der Waals surface area contributed by atoms with Crippen LogP contribution in [0, 0.1) is 5.92 Å². The highest BCUT2D eigenvalue weighted by atomic mass is 32.2. The van der Waals surface area contributed by atoms with Gasteiger partial charge in [0.1, 0.15) is 0 Å². The van der Waals surface area contributed by atoms with Gasteiger partial charge in [-0.2, -0.15) is 24.4 Å². The summed E-state index contributed by atoms with van der Waals surface area (Å²) in [5.41, 5.74) is 0. The molecule has 0 bridgehead atoms. The third-order valence-electron chi connectivity index (χ3n) is 1.35. The number of hydrogen-bond donors (Lipinski definition) is 1. The molecule has 0 aromatic rings. The van der Waals surface area contributed by atoms with Crippen LogP contribution < -0.4 is 0 Å². The first kappa shape index (κ1) is 11.7. The average Bonchev–Trinajstić information content (AvgIpc) is 2.04. The molecule has 1 nitrogen and oxygen atoms in total. The molecule has 0 aliphatic heterocycles. The highest BCUT2D eigenvalue weighted by Crippen LogP contribution is 2.10. The molecule has 0 aliphatic carbocycles. The van der Waals surface area contributed by atoms with Crippen molar-refractivity contribution in [2.45, 2.75) is 13.3 Å². The van der Waals surface area contributed by atoms with E-state index in [1.807, 2.05) is 11.8 Å². The van der Waals surface area contributed by atoms with Gasteiger partial charge in [0.15, 0.2) is 0 Å². The Labute approximate surface area is 79.7 Å². The number of thiol groups is 1. The molecule has 3 heteroatoms. The molecule has 0 N–H and O–H groups in total. The van der Waals surface area contributed by atoms with Crippen LogP contribution in [0.15, 0.2) is 0 Å². The third-order valence-corrected chi connectivity index (χ3v) is 3.36. The van der Waals surface area contributed by atoms with E-state index in [0.29, 0.717) is 0 Å². The van der Waals surface area contributed by atoms with Gasteiger partial charge in [0.05, 0.1) is 0 Å². The lowest BCUT2D eigenvalue weighted by atomic mass is 10.3. The van der Waals surface area contributed by atoms with E-state index in [-0.39, 0.29) is 0 Å². The van der Waals surface area contributed by atoms with Gasteiger partial charge in [-0.25, -0.2) is 0 Å². The van der Waals surface area contributed by atoms with E-state index in [9.17, 15) is 0 Å². The topological polar surface area (TPSA) is 9.23 Å². The minimum atomic E-state index is 0.742. The van der Waals surface area contributed by atoms with E-state index in [0.717, 1.165) is 18.3 Å². The molecular formula is C8H18OS2. The summed E-state index contributed by atoms with van der Waals surface area (Å²) in [5, 5.41) is 0. The molecule has 0 amide bonds. The Morgan fingerprint density at radius 2 is 2.27 bits per heavy atom. The maximum absolute atomic E-state index is 4.95. The molecule has 0 spiro atoms. The van der Waals surface area contributed by atoms with Crippen molar-refractivity contribution in [1.82, 2.24) is 0 Å². The van der Waals surface area contributed by atoms with Gasteiger partial charge in [0.2, 0.25) is 0 Å². The SMILES string of the molecule is COCCCSCC(C)CS. The van der Waals surface area contributed by atoms with Crippen molar-refractivity contribution in [3.63, 3.8) is 0 Å². The lowest BCUT2D eigenvalue weighted by molar-refractivity contribution is 0.200. The zero-order valence-corrected chi connectivity index (χ0v) is 9.09. The molecule has 0 rings (SSSR count). The molecule has 0 aliphatic rings. The van der Waals surface area contributed by atoms with Gasteiger partial charge in [-0.05, 0) is 29.6 Å². The van der Waals surface area contributed by atoms with Gasteiger partial charge in [-0.1, -0.05) is 6.92 Å². The van der Waals surface area contributed by atoms with Crippen LogP contribution in [0.1, 0.15) is 13.3 Å². The molecule has 1 atom stereocenters. The number of thioether (sulfide) groups is 1. The maximum atomic E-state index is 4.95. The molecule has 11 heavy (non-hydrogen) atoms.